The average molecular weight is 1120 g/mol. The standard InChI is InChI=1S/C32H12BF24.C18H17N2/c34-25(35,36)13-1-14(26(37,38)39)6-21(5-13)33(22-7-15(27(40,41)42)2-16(8-22)28(43,44)45,23-9-17(29(46,47)48)3-18(10-23)30(49,50)51)24-11-19(31(52,53)54)4-20(12-24)32(55,56)57;1-3-7-16(8-4-1)13-18-14-19-11-12-20(18)15-17-9-5-2-6-10-17/h1-12H;1-12,14H,13,15H2/q-1;+1. The summed E-state index contributed by atoms with van der Waals surface area (Å²) in [5.74, 6) is 0. The van der Waals surface area contributed by atoms with E-state index in [1.54, 1.807) is 0 Å². The van der Waals surface area contributed by atoms with E-state index in [0.29, 0.717) is 0 Å². The molecule has 1 heterocycles. The van der Waals surface area contributed by atoms with Gasteiger partial charge in [-0.3, -0.25) is 4.98 Å². The van der Waals surface area contributed by atoms with E-state index in [1.165, 1.54) is 16.8 Å². The lowest BCUT2D eigenvalue weighted by Gasteiger charge is -2.46. The molecular weight excluding hydrogens is 1100 g/mol. The molecule has 0 saturated heterocycles. The van der Waals surface area contributed by atoms with Crippen molar-refractivity contribution in [2.45, 2.75) is 62.4 Å². The van der Waals surface area contributed by atoms with Crippen molar-refractivity contribution in [2.75, 3.05) is 0 Å². The molecule has 0 atom stereocenters. The van der Waals surface area contributed by atoms with E-state index < -0.39 is 195 Å². The molecule has 6 aromatic carbocycles. The summed E-state index contributed by atoms with van der Waals surface area (Å²) in [5.41, 5.74) is -26.4. The molecule has 7 rings (SSSR count). The number of aromatic nitrogens is 2. The first-order valence-corrected chi connectivity index (χ1v) is 21.4. The van der Waals surface area contributed by atoms with Crippen molar-refractivity contribution in [3.8, 4) is 0 Å². The largest absolute Gasteiger partial charge is 0.416 e. The summed E-state index contributed by atoms with van der Waals surface area (Å²) < 4.78 is 343. The second kappa shape index (κ2) is 21.0. The van der Waals surface area contributed by atoms with E-state index >= 15 is 0 Å². The molecule has 1 aromatic heterocycles. The quantitative estimate of drug-likeness (QED) is 0.0842. The van der Waals surface area contributed by atoms with E-state index in [9.17, 15) is 105 Å². The zero-order chi connectivity index (χ0) is 57.5. The minimum absolute atomic E-state index is 0.691. The molecule has 0 unspecified atom stereocenters. The van der Waals surface area contributed by atoms with Crippen LogP contribution in [0.5, 0.6) is 0 Å². The molecule has 27 heteroatoms. The normalized spacial score (nSPS) is 13.3. The van der Waals surface area contributed by atoms with Gasteiger partial charge >= 0.3 is 49.4 Å². The highest BCUT2D eigenvalue weighted by Gasteiger charge is 2.47. The van der Waals surface area contributed by atoms with Gasteiger partial charge in [-0.1, -0.05) is 109 Å². The first-order valence-electron chi connectivity index (χ1n) is 21.4. The molecule has 0 radical (unpaired) electrons. The Hall–Kier alpha value is -7.22. The van der Waals surface area contributed by atoms with Gasteiger partial charge in [-0.15, -0.1) is 0 Å². The molecule has 0 N–H and O–H groups in total. The van der Waals surface area contributed by atoms with Gasteiger partial charge in [-0.25, -0.2) is 0 Å². The third-order valence-corrected chi connectivity index (χ3v) is 11.8. The summed E-state index contributed by atoms with van der Waals surface area (Å²) in [6.45, 7) is 0.880. The summed E-state index contributed by atoms with van der Waals surface area (Å²) in [6.07, 6.45) is -48.1. The minimum Gasteiger partial charge on any atom is -0.252 e. The fourth-order valence-electron chi connectivity index (χ4n) is 8.38. The second-order valence-electron chi connectivity index (χ2n) is 17.1. The lowest BCUT2D eigenvalue weighted by atomic mass is 9.12. The highest BCUT2D eigenvalue weighted by Crippen LogP contribution is 2.41. The molecule has 0 bridgehead atoms. The number of hydrogen-bond donors (Lipinski definition) is 0. The molecule has 7 aromatic rings. The highest BCUT2D eigenvalue weighted by molar-refractivity contribution is 7.20. The van der Waals surface area contributed by atoms with Crippen molar-refractivity contribution < 1.29 is 110 Å². The van der Waals surface area contributed by atoms with Crippen LogP contribution >= 0.6 is 0 Å². The maximum absolute atomic E-state index is 14.2. The number of hydrogen-bond acceptors (Lipinski definition) is 1. The van der Waals surface area contributed by atoms with Gasteiger partial charge in [0.25, 0.3) is 0 Å². The molecule has 0 aliphatic heterocycles. The number of benzene rings is 6. The van der Waals surface area contributed by atoms with Gasteiger partial charge in [-0.05, 0) is 29.8 Å². The average Bonchev–Trinajstić information content (AvgIpc) is 3.31. The fraction of sp³-hybridized carbons (Fsp3) is 0.200. The van der Waals surface area contributed by atoms with Crippen LogP contribution in [-0.2, 0) is 62.4 Å². The van der Waals surface area contributed by atoms with E-state index in [0.717, 1.165) is 13.0 Å². The number of halogens is 24. The Bertz CT molecular complexity index is 2690. The van der Waals surface area contributed by atoms with Crippen molar-refractivity contribution in [1.82, 2.24) is 4.98 Å². The second-order valence-corrected chi connectivity index (χ2v) is 17.1. The van der Waals surface area contributed by atoms with Gasteiger partial charge in [0.2, 0.25) is 5.69 Å². The number of nitrogens with zero attached hydrogens (tertiary/aromatic N) is 2. The Morgan fingerprint density at radius 2 is 0.571 bits per heavy atom. The van der Waals surface area contributed by atoms with Crippen LogP contribution in [0.15, 0.2) is 152 Å². The smallest absolute Gasteiger partial charge is 0.252 e. The SMILES string of the molecule is FC(F)(F)c1cc([B-](c2cc(C(F)(F)F)cc(C(F)(F)F)c2)(c2cc(C(F)(F)F)cc(C(F)(F)F)c2)c2cc(C(F)(F)F)cc(C(F)(F)F)c2)cc(C(F)(F)F)c1.c1ccc(Cc2cncc[n+]2Cc2ccccc2)cc1. The topological polar surface area (TPSA) is 16.8 Å². The predicted octanol–water partition coefficient (Wildman–Crippen LogP) is 14.2. The van der Waals surface area contributed by atoms with Crippen LogP contribution in [0.4, 0.5) is 105 Å². The molecule has 0 saturated carbocycles. The Kier molecular flexibility index (Phi) is 16.1. The van der Waals surface area contributed by atoms with Gasteiger partial charge in [0, 0.05) is 5.56 Å². The van der Waals surface area contributed by atoms with Crippen LogP contribution in [0, 0.1) is 0 Å². The van der Waals surface area contributed by atoms with Crippen LogP contribution in [0.25, 0.3) is 0 Å². The molecule has 77 heavy (non-hydrogen) atoms. The molecule has 0 aliphatic rings. The van der Waals surface area contributed by atoms with Gasteiger partial charge in [0.05, 0.1) is 63.3 Å². The monoisotopic (exact) mass is 1120 g/mol. The van der Waals surface area contributed by atoms with Gasteiger partial charge in [0.15, 0.2) is 12.7 Å². The van der Waals surface area contributed by atoms with Crippen molar-refractivity contribution in [3.05, 3.63) is 213 Å². The van der Waals surface area contributed by atoms with Crippen molar-refractivity contribution in [2.24, 2.45) is 0 Å². The van der Waals surface area contributed by atoms with E-state index in [4.69, 9.17) is 0 Å². The minimum atomic E-state index is -6.13. The Balaban J connectivity index is 0.000000397. The summed E-state index contributed by atoms with van der Waals surface area (Å²) >= 11 is 0. The van der Waals surface area contributed by atoms with Crippen molar-refractivity contribution in [1.29, 1.82) is 0 Å². The molecule has 410 valence electrons. The van der Waals surface area contributed by atoms with Crippen molar-refractivity contribution >= 4 is 28.0 Å². The van der Waals surface area contributed by atoms with Crippen LogP contribution < -0.4 is 26.4 Å². The van der Waals surface area contributed by atoms with Crippen LogP contribution in [-0.4, -0.2) is 11.1 Å². The van der Waals surface area contributed by atoms with Gasteiger partial charge < -0.3 is 0 Å². The van der Waals surface area contributed by atoms with E-state index in [2.05, 4.69) is 58.1 Å². The lowest BCUT2D eigenvalue weighted by Crippen LogP contribution is -2.75. The molecule has 0 spiro atoms. The van der Waals surface area contributed by atoms with Gasteiger partial charge in [-0.2, -0.15) is 132 Å². The molecule has 0 amide bonds. The maximum Gasteiger partial charge on any atom is 0.416 e. The van der Waals surface area contributed by atoms with Crippen LogP contribution in [0.3, 0.4) is 0 Å². The van der Waals surface area contributed by atoms with Crippen molar-refractivity contribution in [3.63, 3.8) is 0 Å². The summed E-state index contributed by atoms with van der Waals surface area (Å²) in [4.78, 5) is 4.26. The maximum atomic E-state index is 14.2. The Morgan fingerprint density at radius 3 is 0.818 bits per heavy atom. The third kappa shape index (κ3) is 14.0. The van der Waals surface area contributed by atoms with E-state index in [-0.39, 0.29) is 0 Å². The van der Waals surface area contributed by atoms with Crippen LogP contribution in [0.2, 0.25) is 0 Å². The first-order chi connectivity index (χ1) is 35.2. The van der Waals surface area contributed by atoms with E-state index in [1.807, 2.05) is 30.7 Å². The zero-order valence-electron chi connectivity index (χ0n) is 37.9. The molecule has 0 aliphatic carbocycles. The molecular formula is C50H29BF24N2. The summed E-state index contributed by atoms with van der Waals surface area (Å²) in [6, 6.07) is 12.2. The third-order valence-electron chi connectivity index (χ3n) is 11.8. The first kappa shape index (κ1) is 59.0. The summed E-state index contributed by atoms with van der Waals surface area (Å²) in [5, 5.41) is 0. The number of rotatable bonds is 8. The van der Waals surface area contributed by atoms with Gasteiger partial charge in [0.1, 0.15) is 6.15 Å². The van der Waals surface area contributed by atoms with Crippen LogP contribution in [0.1, 0.15) is 61.3 Å². The predicted molar refractivity (Wildman–Crippen MR) is 229 cm³/mol. The molecule has 2 nitrogen and oxygen atoms in total. The fourth-order valence-corrected chi connectivity index (χ4v) is 8.38. The Morgan fingerprint density at radius 1 is 0.325 bits per heavy atom. The summed E-state index contributed by atoms with van der Waals surface area (Å²) in [7, 11) is 0. The highest BCUT2D eigenvalue weighted by atomic mass is 19.4. The Labute approximate surface area is 418 Å². The number of alkyl halides is 24. The molecule has 0 fully saturated rings. The zero-order valence-corrected chi connectivity index (χ0v) is 37.9. The lowest BCUT2D eigenvalue weighted by molar-refractivity contribution is -0.695.